The number of nitrogens with zero attached hydrogens (tertiary/aromatic N) is 3. The summed E-state index contributed by atoms with van der Waals surface area (Å²) in [4.78, 5) is 35.0. The van der Waals surface area contributed by atoms with E-state index in [1.165, 1.54) is 6.92 Å². The van der Waals surface area contributed by atoms with E-state index in [1.54, 1.807) is 23.1 Å². The van der Waals surface area contributed by atoms with Gasteiger partial charge in [0.05, 0.1) is 6.04 Å². The average Bonchev–Trinajstić information content (AvgIpc) is 2.86. The number of Topliss-reactive ketones (excluding diaryl/α,β-unsaturated/α-hetero) is 1. The van der Waals surface area contributed by atoms with Crippen molar-refractivity contribution >= 4 is 40.1 Å². The Labute approximate surface area is 149 Å². The van der Waals surface area contributed by atoms with Gasteiger partial charge in [0.25, 0.3) is 5.91 Å². The van der Waals surface area contributed by atoms with Gasteiger partial charge in [0.15, 0.2) is 5.65 Å². The van der Waals surface area contributed by atoms with Gasteiger partial charge >= 0.3 is 0 Å². The molecule has 0 aliphatic carbocycles. The van der Waals surface area contributed by atoms with Crippen LogP contribution in [0, 0.1) is 0 Å². The number of amides is 1. The van der Waals surface area contributed by atoms with Crippen molar-refractivity contribution < 1.29 is 9.59 Å². The van der Waals surface area contributed by atoms with Gasteiger partial charge in [-0.15, -0.1) is 0 Å². The standard InChI is InChI=1S/C19H14ClN3O2/c1-11(24)10-15-13-4-2-3-5-14(13)19(25)23(15)17-9-7-12-6-8-16(20)21-18(12)22-17/h2-9,15H,10H2,1H3/t15-/m0/s1. The molecule has 6 heteroatoms. The summed E-state index contributed by atoms with van der Waals surface area (Å²) in [5.41, 5.74) is 1.92. The zero-order valence-corrected chi connectivity index (χ0v) is 14.2. The topological polar surface area (TPSA) is 63.2 Å². The minimum Gasteiger partial charge on any atom is -0.300 e. The van der Waals surface area contributed by atoms with Crippen LogP contribution < -0.4 is 4.90 Å². The second-order valence-electron chi connectivity index (χ2n) is 6.03. The monoisotopic (exact) mass is 351 g/mol. The fraction of sp³-hybridized carbons (Fsp3) is 0.158. The van der Waals surface area contributed by atoms with Crippen molar-refractivity contribution in [3.8, 4) is 0 Å². The number of aromatic nitrogens is 2. The molecule has 1 atom stereocenters. The Kier molecular flexibility index (Phi) is 3.73. The van der Waals surface area contributed by atoms with E-state index in [0.29, 0.717) is 22.2 Å². The number of hydrogen-bond acceptors (Lipinski definition) is 4. The predicted octanol–water partition coefficient (Wildman–Crippen LogP) is 3.96. The van der Waals surface area contributed by atoms with E-state index in [-0.39, 0.29) is 24.2 Å². The number of halogens is 1. The molecule has 5 nitrogen and oxygen atoms in total. The summed E-state index contributed by atoms with van der Waals surface area (Å²) in [5.74, 6) is 0.326. The number of anilines is 1. The summed E-state index contributed by atoms with van der Waals surface area (Å²) >= 11 is 5.95. The summed E-state index contributed by atoms with van der Waals surface area (Å²) in [6.45, 7) is 1.53. The Morgan fingerprint density at radius 2 is 1.88 bits per heavy atom. The Bertz CT molecular complexity index is 1020. The third-order valence-electron chi connectivity index (χ3n) is 4.31. The van der Waals surface area contributed by atoms with Crippen LogP contribution >= 0.6 is 11.6 Å². The van der Waals surface area contributed by atoms with Crippen molar-refractivity contribution in [2.75, 3.05) is 4.90 Å². The lowest BCUT2D eigenvalue weighted by Gasteiger charge is -2.23. The maximum atomic E-state index is 12.9. The first kappa shape index (κ1) is 15.7. The molecule has 124 valence electrons. The molecule has 0 fully saturated rings. The third-order valence-corrected chi connectivity index (χ3v) is 4.52. The van der Waals surface area contributed by atoms with Gasteiger partial charge in [0.1, 0.15) is 16.8 Å². The summed E-state index contributed by atoms with van der Waals surface area (Å²) in [7, 11) is 0. The van der Waals surface area contributed by atoms with Crippen molar-refractivity contribution in [1.82, 2.24) is 9.97 Å². The molecular formula is C19H14ClN3O2. The average molecular weight is 352 g/mol. The van der Waals surface area contributed by atoms with Crippen molar-refractivity contribution in [2.45, 2.75) is 19.4 Å². The van der Waals surface area contributed by atoms with Gasteiger partial charge in [-0.05, 0) is 42.8 Å². The lowest BCUT2D eigenvalue weighted by atomic mass is 10.0. The molecule has 1 aromatic carbocycles. The first-order valence-corrected chi connectivity index (χ1v) is 8.27. The lowest BCUT2D eigenvalue weighted by molar-refractivity contribution is -0.117. The predicted molar refractivity (Wildman–Crippen MR) is 95.8 cm³/mol. The minimum absolute atomic E-state index is 0.0152. The van der Waals surface area contributed by atoms with Gasteiger partial charge in [0, 0.05) is 17.4 Å². The van der Waals surface area contributed by atoms with E-state index < -0.39 is 0 Å². The molecule has 0 spiro atoms. The van der Waals surface area contributed by atoms with Crippen molar-refractivity contribution in [2.24, 2.45) is 0 Å². The van der Waals surface area contributed by atoms with Gasteiger partial charge in [-0.2, -0.15) is 0 Å². The number of carbonyl (C=O) groups is 2. The maximum Gasteiger partial charge on any atom is 0.260 e. The number of rotatable bonds is 3. The van der Waals surface area contributed by atoms with Gasteiger partial charge in [0.2, 0.25) is 0 Å². The Hall–Kier alpha value is -2.79. The normalized spacial score (nSPS) is 16.3. The Balaban J connectivity index is 1.85. The fourth-order valence-corrected chi connectivity index (χ4v) is 3.37. The van der Waals surface area contributed by atoms with E-state index in [4.69, 9.17) is 11.6 Å². The molecule has 1 aliphatic rings. The summed E-state index contributed by atoms with van der Waals surface area (Å²) in [6.07, 6.45) is 0.242. The highest BCUT2D eigenvalue weighted by Crippen LogP contribution is 2.39. The largest absolute Gasteiger partial charge is 0.300 e. The van der Waals surface area contributed by atoms with Crippen molar-refractivity contribution in [3.63, 3.8) is 0 Å². The van der Waals surface area contributed by atoms with Crippen LogP contribution in [0.5, 0.6) is 0 Å². The van der Waals surface area contributed by atoms with E-state index in [9.17, 15) is 9.59 Å². The molecule has 4 rings (SSSR count). The van der Waals surface area contributed by atoms with Crippen LogP contribution in [0.15, 0.2) is 48.5 Å². The number of pyridine rings is 2. The molecule has 1 aliphatic heterocycles. The van der Waals surface area contributed by atoms with E-state index >= 15 is 0 Å². The van der Waals surface area contributed by atoms with Gasteiger partial charge in [-0.1, -0.05) is 29.8 Å². The van der Waals surface area contributed by atoms with Gasteiger partial charge in [-0.3, -0.25) is 14.5 Å². The van der Waals surface area contributed by atoms with E-state index in [1.807, 2.05) is 30.3 Å². The van der Waals surface area contributed by atoms with Gasteiger partial charge < -0.3 is 0 Å². The van der Waals surface area contributed by atoms with E-state index in [2.05, 4.69) is 9.97 Å². The van der Waals surface area contributed by atoms with Crippen LogP contribution in [-0.4, -0.2) is 21.7 Å². The Morgan fingerprint density at radius 3 is 2.68 bits per heavy atom. The molecule has 3 heterocycles. The van der Waals surface area contributed by atoms with Crippen molar-refractivity contribution in [1.29, 1.82) is 0 Å². The smallest absolute Gasteiger partial charge is 0.260 e. The van der Waals surface area contributed by atoms with E-state index in [0.717, 1.165) is 10.9 Å². The number of benzene rings is 1. The summed E-state index contributed by atoms with van der Waals surface area (Å²) in [6, 6.07) is 14.1. The number of carbonyl (C=O) groups excluding carboxylic acids is 2. The summed E-state index contributed by atoms with van der Waals surface area (Å²) < 4.78 is 0. The first-order chi connectivity index (χ1) is 12.0. The first-order valence-electron chi connectivity index (χ1n) is 7.90. The van der Waals surface area contributed by atoms with Crippen LogP contribution in [-0.2, 0) is 4.79 Å². The SMILES string of the molecule is CC(=O)C[C@H]1c2ccccc2C(=O)N1c1ccc2ccc(Cl)nc2n1. The quantitative estimate of drug-likeness (QED) is 0.670. The summed E-state index contributed by atoms with van der Waals surface area (Å²) in [5, 5.41) is 1.17. The maximum absolute atomic E-state index is 12.9. The minimum atomic E-state index is -0.356. The fourth-order valence-electron chi connectivity index (χ4n) is 3.23. The number of fused-ring (bicyclic) bond motifs is 2. The number of hydrogen-bond donors (Lipinski definition) is 0. The number of ketones is 1. The highest BCUT2D eigenvalue weighted by atomic mass is 35.5. The zero-order chi connectivity index (χ0) is 17.6. The third kappa shape index (κ3) is 2.66. The highest BCUT2D eigenvalue weighted by molar-refractivity contribution is 6.29. The molecule has 0 saturated carbocycles. The van der Waals surface area contributed by atoms with Crippen LogP contribution in [0.25, 0.3) is 11.0 Å². The molecule has 0 saturated heterocycles. The molecular weight excluding hydrogens is 338 g/mol. The van der Waals surface area contributed by atoms with Crippen molar-refractivity contribution in [3.05, 3.63) is 64.8 Å². The lowest BCUT2D eigenvalue weighted by Crippen LogP contribution is -2.29. The Morgan fingerprint density at radius 1 is 1.12 bits per heavy atom. The van der Waals surface area contributed by atoms with Crippen LogP contribution in [0.4, 0.5) is 5.82 Å². The molecule has 1 amide bonds. The van der Waals surface area contributed by atoms with Crippen LogP contribution in [0.2, 0.25) is 5.15 Å². The van der Waals surface area contributed by atoms with Crippen LogP contribution in [0.1, 0.15) is 35.3 Å². The molecule has 0 unspecified atom stereocenters. The molecule has 2 aromatic heterocycles. The highest BCUT2D eigenvalue weighted by Gasteiger charge is 2.38. The molecule has 25 heavy (non-hydrogen) atoms. The van der Waals surface area contributed by atoms with Gasteiger partial charge in [-0.25, -0.2) is 9.97 Å². The molecule has 3 aromatic rings. The molecule has 0 bridgehead atoms. The second-order valence-corrected chi connectivity index (χ2v) is 6.42. The molecule has 0 radical (unpaired) electrons. The second kappa shape index (κ2) is 5.93. The molecule has 0 N–H and O–H groups in total. The van der Waals surface area contributed by atoms with Crippen LogP contribution in [0.3, 0.4) is 0 Å². The zero-order valence-electron chi connectivity index (χ0n) is 13.4.